The van der Waals surface area contributed by atoms with Crippen molar-refractivity contribution in [1.82, 2.24) is 4.98 Å². The quantitative estimate of drug-likeness (QED) is 0.767. The maximum atomic E-state index is 11.2. The maximum Gasteiger partial charge on any atom is 0.150 e. The molecule has 3 heteroatoms. The summed E-state index contributed by atoms with van der Waals surface area (Å²) < 4.78 is 0. The van der Waals surface area contributed by atoms with E-state index in [2.05, 4.69) is 18.1 Å². The van der Waals surface area contributed by atoms with Gasteiger partial charge >= 0.3 is 0 Å². The second-order valence-electron chi connectivity index (χ2n) is 3.94. The molecule has 0 amide bonds. The van der Waals surface area contributed by atoms with Crippen LogP contribution in [0.3, 0.4) is 0 Å². The number of fused-ring (bicyclic) bond motifs is 1. The van der Waals surface area contributed by atoms with E-state index in [9.17, 15) is 4.79 Å². The molecule has 0 atom stereocenters. The van der Waals surface area contributed by atoms with Crippen LogP contribution >= 0.6 is 11.8 Å². The molecule has 0 aliphatic heterocycles. The number of nitrogens with zero attached hydrogens (tertiary/aromatic N) is 1. The van der Waals surface area contributed by atoms with Crippen molar-refractivity contribution in [2.24, 2.45) is 0 Å². The number of aryl methyl sites for hydroxylation is 1. The average Bonchev–Trinajstić information content (AvgIpc) is 2.37. The van der Waals surface area contributed by atoms with Crippen LogP contribution in [0.5, 0.6) is 0 Å². The predicted molar refractivity (Wildman–Crippen MR) is 78.7 cm³/mol. The highest BCUT2D eigenvalue weighted by atomic mass is 32.2. The highest BCUT2D eigenvalue weighted by Gasteiger charge is 2.07. The average molecular weight is 255 g/mol. The fourth-order valence-electron chi connectivity index (χ4n) is 1.77. The molecule has 0 saturated carbocycles. The van der Waals surface area contributed by atoms with Crippen molar-refractivity contribution in [3.63, 3.8) is 0 Å². The van der Waals surface area contributed by atoms with E-state index in [1.54, 1.807) is 11.5 Å². The lowest BCUT2D eigenvalue weighted by Crippen LogP contribution is -1.93. The second-order valence-corrected chi connectivity index (χ2v) is 5.00. The van der Waals surface area contributed by atoms with Crippen LogP contribution in [-0.4, -0.2) is 11.3 Å². The van der Waals surface area contributed by atoms with E-state index in [0.717, 1.165) is 33.4 Å². The van der Waals surface area contributed by atoms with Gasteiger partial charge in [0, 0.05) is 15.9 Å². The first kappa shape index (κ1) is 12.6. The minimum absolute atomic E-state index is 0.643. The summed E-state index contributed by atoms with van der Waals surface area (Å²) in [5.41, 5.74) is 3.29. The molecule has 0 spiro atoms. The standard InChI is InChI=1S/C15H13NOS/c1-4-18-11(3)15-8-12(9-17)13-7-10(2)5-6-14(13)16-15/h4-9H,1,3H2,2H3. The van der Waals surface area contributed by atoms with Crippen LogP contribution in [0.2, 0.25) is 0 Å². The molecule has 1 heterocycles. The summed E-state index contributed by atoms with van der Waals surface area (Å²) in [5.74, 6) is 0. The lowest BCUT2D eigenvalue weighted by atomic mass is 10.1. The lowest BCUT2D eigenvalue weighted by Gasteiger charge is -2.07. The Morgan fingerprint density at radius 1 is 1.39 bits per heavy atom. The minimum atomic E-state index is 0.643. The number of thioether (sulfide) groups is 1. The molecule has 0 N–H and O–H groups in total. The minimum Gasteiger partial charge on any atom is -0.298 e. The Balaban J connectivity index is 2.66. The molecule has 0 saturated heterocycles. The summed E-state index contributed by atoms with van der Waals surface area (Å²) in [7, 11) is 0. The molecule has 18 heavy (non-hydrogen) atoms. The van der Waals surface area contributed by atoms with Gasteiger partial charge in [-0.2, -0.15) is 0 Å². The molecular weight excluding hydrogens is 242 g/mol. The third-order valence-corrected chi connectivity index (χ3v) is 3.29. The maximum absolute atomic E-state index is 11.2. The van der Waals surface area contributed by atoms with E-state index in [1.807, 2.05) is 25.1 Å². The second kappa shape index (κ2) is 5.19. The van der Waals surface area contributed by atoms with Crippen molar-refractivity contribution in [1.29, 1.82) is 0 Å². The fourth-order valence-corrected chi connectivity index (χ4v) is 2.19. The van der Waals surface area contributed by atoms with Gasteiger partial charge in [-0.1, -0.05) is 36.5 Å². The van der Waals surface area contributed by atoms with Gasteiger partial charge in [0.25, 0.3) is 0 Å². The molecule has 0 unspecified atom stereocenters. The molecule has 0 aliphatic rings. The molecule has 2 rings (SSSR count). The van der Waals surface area contributed by atoms with Gasteiger partial charge in [0.1, 0.15) is 0 Å². The summed E-state index contributed by atoms with van der Waals surface area (Å²) >= 11 is 1.41. The van der Waals surface area contributed by atoms with Gasteiger partial charge < -0.3 is 0 Å². The molecule has 1 aromatic heterocycles. The van der Waals surface area contributed by atoms with Crippen molar-refractivity contribution in [2.45, 2.75) is 6.92 Å². The largest absolute Gasteiger partial charge is 0.298 e. The van der Waals surface area contributed by atoms with Crippen LogP contribution < -0.4 is 0 Å². The van der Waals surface area contributed by atoms with Gasteiger partial charge in [0.15, 0.2) is 6.29 Å². The first-order valence-corrected chi connectivity index (χ1v) is 6.37. The molecule has 90 valence electrons. The molecular formula is C15H13NOS. The van der Waals surface area contributed by atoms with Crippen molar-refractivity contribution < 1.29 is 4.79 Å². The van der Waals surface area contributed by atoms with Gasteiger partial charge in [-0.3, -0.25) is 4.79 Å². The number of carbonyl (C=O) groups excluding carboxylic acids is 1. The molecule has 0 bridgehead atoms. The predicted octanol–water partition coefficient (Wildman–Crippen LogP) is 4.20. The third-order valence-electron chi connectivity index (χ3n) is 2.63. The Morgan fingerprint density at radius 3 is 2.83 bits per heavy atom. The van der Waals surface area contributed by atoms with Crippen molar-refractivity contribution >= 4 is 33.9 Å². The number of hydrogen-bond acceptors (Lipinski definition) is 3. The molecule has 0 aliphatic carbocycles. The van der Waals surface area contributed by atoms with Crippen molar-refractivity contribution in [2.75, 3.05) is 0 Å². The van der Waals surface area contributed by atoms with E-state index < -0.39 is 0 Å². The van der Waals surface area contributed by atoms with Crippen LogP contribution in [0, 0.1) is 6.92 Å². The zero-order chi connectivity index (χ0) is 13.1. The van der Waals surface area contributed by atoms with Gasteiger partial charge in [0.2, 0.25) is 0 Å². The van der Waals surface area contributed by atoms with Gasteiger partial charge in [-0.25, -0.2) is 4.98 Å². The SMILES string of the molecule is C=CSC(=C)c1cc(C=O)c2cc(C)ccc2n1. The van der Waals surface area contributed by atoms with E-state index in [4.69, 9.17) is 0 Å². The Labute approximate surface area is 110 Å². The van der Waals surface area contributed by atoms with Gasteiger partial charge in [-0.05, 0) is 30.5 Å². The number of hydrogen-bond donors (Lipinski definition) is 0. The van der Waals surface area contributed by atoms with Crippen LogP contribution in [0.4, 0.5) is 0 Å². The smallest absolute Gasteiger partial charge is 0.150 e. The first-order valence-electron chi connectivity index (χ1n) is 5.49. The fraction of sp³-hybridized carbons (Fsp3) is 0.0667. The third kappa shape index (κ3) is 2.36. The number of pyridine rings is 1. The number of carbonyl (C=O) groups is 1. The number of benzene rings is 1. The summed E-state index contributed by atoms with van der Waals surface area (Å²) in [6.07, 6.45) is 0.860. The molecule has 0 radical (unpaired) electrons. The van der Waals surface area contributed by atoms with E-state index in [1.165, 1.54) is 11.8 Å². The van der Waals surface area contributed by atoms with E-state index in [0.29, 0.717) is 5.56 Å². The van der Waals surface area contributed by atoms with Gasteiger partial charge in [0.05, 0.1) is 11.2 Å². The van der Waals surface area contributed by atoms with Crippen LogP contribution in [0.25, 0.3) is 15.8 Å². The molecule has 2 nitrogen and oxygen atoms in total. The number of aldehydes is 1. The van der Waals surface area contributed by atoms with Gasteiger partial charge in [-0.15, -0.1) is 0 Å². The molecule has 0 fully saturated rings. The normalized spacial score (nSPS) is 10.3. The highest BCUT2D eigenvalue weighted by molar-refractivity contribution is 8.10. The Hall–Kier alpha value is -1.87. The first-order chi connectivity index (χ1) is 8.65. The Bertz CT molecular complexity index is 646. The zero-order valence-corrected chi connectivity index (χ0v) is 11.0. The monoisotopic (exact) mass is 255 g/mol. The summed E-state index contributed by atoms with van der Waals surface area (Å²) in [5, 5.41) is 2.58. The van der Waals surface area contributed by atoms with Crippen molar-refractivity contribution in [3.05, 3.63) is 59.7 Å². The number of rotatable bonds is 4. The molecule has 1 aromatic carbocycles. The topological polar surface area (TPSA) is 30.0 Å². The lowest BCUT2D eigenvalue weighted by molar-refractivity contribution is 0.112. The number of aromatic nitrogens is 1. The zero-order valence-electron chi connectivity index (χ0n) is 10.1. The Kier molecular flexibility index (Phi) is 3.63. The van der Waals surface area contributed by atoms with Crippen LogP contribution in [0.1, 0.15) is 21.6 Å². The molecule has 2 aromatic rings. The Morgan fingerprint density at radius 2 is 2.17 bits per heavy atom. The summed E-state index contributed by atoms with van der Waals surface area (Å²) in [6.45, 7) is 9.57. The van der Waals surface area contributed by atoms with Crippen molar-refractivity contribution in [3.8, 4) is 0 Å². The highest BCUT2D eigenvalue weighted by Crippen LogP contribution is 2.28. The summed E-state index contributed by atoms with van der Waals surface area (Å²) in [4.78, 5) is 16.5. The van der Waals surface area contributed by atoms with Crippen LogP contribution in [-0.2, 0) is 0 Å². The van der Waals surface area contributed by atoms with E-state index in [-0.39, 0.29) is 0 Å². The van der Waals surface area contributed by atoms with Crippen LogP contribution in [0.15, 0.2) is 42.8 Å². The van der Waals surface area contributed by atoms with E-state index >= 15 is 0 Å². The summed E-state index contributed by atoms with van der Waals surface area (Å²) in [6, 6.07) is 7.65.